The molecule has 0 aromatic heterocycles. The van der Waals surface area contributed by atoms with Gasteiger partial charge in [0, 0.05) is 66.2 Å². The number of hydrogen-bond donors (Lipinski definition) is 4. The van der Waals surface area contributed by atoms with E-state index in [1.807, 2.05) is 118 Å². The number of carbonyl (C=O) groups is 6. The predicted octanol–water partition coefficient (Wildman–Crippen LogP) is 24.0. The topological polar surface area (TPSA) is 257 Å². The minimum atomic E-state index is -0.728. The second-order valence-electron chi connectivity index (χ2n) is 27.1. The molecule has 1 saturated heterocycles. The Balaban J connectivity index is 0.000000660. The average molecular weight is 1930 g/mol. The first-order valence-corrected chi connectivity index (χ1v) is 43.6. The molecule has 0 atom stereocenters. The number of aromatic hydroxyl groups is 1. The van der Waals surface area contributed by atoms with Crippen molar-refractivity contribution in [3.8, 4) is 34.5 Å². The molecule has 25 heteroatoms. The van der Waals surface area contributed by atoms with E-state index in [1.165, 1.54) is 18.1 Å². The summed E-state index contributed by atoms with van der Waals surface area (Å²) in [5.41, 5.74) is 2.17. The monoisotopic (exact) mass is 1920 g/mol. The number of unbranched alkanes of at least 4 members (excludes halogenated alkanes) is 12. The number of phenols is 1. The minimum Gasteiger partial charge on any atom is -0.508 e. The van der Waals surface area contributed by atoms with Gasteiger partial charge in [-0.05, 0) is 274 Å². The molecule has 0 radical (unpaired) electrons. The van der Waals surface area contributed by atoms with Gasteiger partial charge in [0.05, 0.1) is 52.9 Å². The minimum absolute atomic E-state index is 0.0675. The molecule has 0 amide bonds. The van der Waals surface area contributed by atoms with E-state index in [9.17, 15) is 28.8 Å². The molecule has 1 heterocycles. The molecule has 7 rings (SSSR count). The van der Waals surface area contributed by atoms with Crippen LogP contribution in [0, 0.1) is 10.8 Å². The summed E-state index contributed by atoms with van der Waals surface area (Å²) in [7, 11) is 0. The summed E-state index contributed by atoms with van der Waals surface area (Å²) in [4.78, 5) is 63.9. The Hall–Kier alpha value is -6.12. The fourth-order valence-corrected chi connectivity index (χ4v) is 12.2. The number of ether oxygens (including phenoxy) is 8. The maximum Gasteiger partial charge on any atom is 0.305 e. The lowest BCUT2D eigenvalue weighted by molar-refractivity contribution is -0.144. The number of esters is 3. The summed E-state index contributed by atoms with van der Waals surface area (Å²) in [5, 5.41) is 35.2. The summed E-state index contributed by atoms with van der Waals surface area (Å²) >= 11 is 20.0. The molecule has 1 fully saturated rings. The van der Waals surface area contributed by atoms with Crippen molar-refractivity contribution < 1.29 is 87.1 Å². The molecule has 1 aliphatic heterocycles. The summed E-state index contributed by atoms with van der Waals surface area (Å²) in [6, 6.07) is 46.3. The zero-order valence-electron chi connectivity index (χ0n) is 66.0. The van der Waals surface area contributed by atoms with Gasteiger partial charge in [-0.3, -0.25) is 28.8 Å². The van der Waals surface area contributed by atoms with Crippen molar-refractivity contribution in [2.24, 2.45) is 10.8 Å². The number of carboxylic acid groups (broad SMARTS) is 3. The summed E-state index contributed by atoms with van der Waals surface area (Å²) in [6.45, 7) is 20.4. The molecule has 0 aliphatic carbocycles. The molecule has 1 aliphatic rings. The van der Waals surface area contributed by atoms with E-state index in [2.05, 4.69) is 148 Å². The highest BCUT2D eigenvalue weighted by Gasteiger charge is 2.48. The van der Waals surface area contributed by atoms with E-state index in [0.717, 1.165) is 172 Å². The maximum absolute atomic E-state index is 11.1. The molecular weight excluding hydrogens is 1810 g/mol. The van der Waals surface area contributed by atoms with Crippen molar-refractivity contribution in [3.05, 3.63) is 168 Å². The van der Waals surface area contributed by atoms with Crippen LogP contribution in [-0.2, 0) is 43.0 Å². The molecule has 0 saturated carbocycles. The lowest BCUT2D eigenvalue weighted by Crippen LogP contribution is -2.27. The van der Waals surface area contributed by atoms with E-state index in [0.29, 0.717) is 95.4 Å². The number of carboxylic acids is 3. The van der Waals surface area contributed by atoms with Crippen LogP contribution in [0.2, 0.25) is 12.6 Å². The molecular formula is C86H119BBr6O18. The van der Waals surface area contributed by atoms with Crippen LogP contribution in [0.3, 0.4) is 0 Å². The molecule has 4 N–H and O–H groups in total. The second-order valence-corrected chi connectivity index (χ2v) is 32.5. The highest BCUT2D eigenvalue weighted by atomic mass is 79.9. The smallest absolute Gasteiger partial charge is 0.305 e. The molecule has 6 aromatic rings. The number of aliphatic carboxylic acids is 3. The number of rotatable bonds is 44. The van der Waals surface area contributed by atoms with Crippen molar-refractivity contribution >= 4 is 144 Å². The van der Waals surface area contributed by atoms with Gasteiger partial charge < -0.3 is 58.3 Å². The molecule has 6 aromatic carbocycles. The van der Waals surface area contributed by atoms with Crippen molar-refractivity contribution in [1.29, 1.82) is 0 Å². The van der Waals surface area contributed by atoms with E-state index in [1.54, 1.807) is 24.3 Å². The highest BCUT2D eigenvalue weighted by molar-refractivity contribution is 9.11. The van der Waals surface area contributed by atoms with E-state index in [-0.39, 0.29) is 37.2 Å². The summed E-state index contributed by atoms with van der Waals surface area (Å²) in [5.74, 6) is 2.21. The molecule has 111 heavy (non-hydrogen) atoms. The normalized spacial score (nSPS) is 11.8. The van der Waals surface area contributed by atoms with Crippen LogP contribution in [0.5, 0.6) is 34.5 Å². The van der Waals surface area contributed by atoms with Gasteiger partial charge in [0.25, 0.3) is 0 Å². The predicted molar refractivity (Wildman–Crippen MR) is 466 cm³/mol. The third-order valence-electron chi connectivity index (χ3n) is 17.2. The van der Waals surface area contributed by atoms with Gasteiger partial charge in [-0.25, -0.2) is 0 Å². The Bertz CT molecular complexity index is 3210. The van der Waals surface area contributed by atoms with Crippen LogP contribution >= 0.6 is 95.6 Å². The first kappa shape index (κ1) is 103. The Morgan fingerprint density at radius 2 is 0.541 bits per heavy atom. The largest absolute Gasteiger partial charge is 0.508 e. The molecule has 0 unspecified atom stereocenters. The van der Waals surface area contributed by atoms with Crippen molar-refractivity contribution in [2.45, 2.75) is 215 Å². The first-order valence-electron chi connectivity index (χ1n) is 38.5. The van der Waals surface area contributed by atoms with Crippen LogP contribution in [-0.4, -0.2) is 121 Å². The molecule has 616 valence electrons. The van der Waals surface area contributed by atoms with Crippen LogP contribution in [0.4, 0.5) is 0 Å². The third-order valence-corrected chi connectivity index (χ3v) is 20.4. The van der Waals surface area contributed by atoms with Crippen LogP contribution in [0.25, 0.3) is 0 Å². The number of benzene rings is 6. The van der Waals surface area contributed by atoms with Gasteiger partial charge >= 0.3 is 35.8 Å². The lowest BCUT2D eigenvalue weighted by atomic mass is 9.42. The Labute approximate surface area is 711 Å². The highest BCUT2D eigenvalue weighted by Crippen LogP contribution is 2.52. The van der Waals surface area contributed by atoms with Crippen LogP contribution in [0.1, 0.15) is 203 Å². The van der Waals surface area contributed by atoms with Gasteiger partial charge in [-0.2, -0.15) is 0 Å². The molecule has 18 nitrogen and oxygen atoms in total. The van der Waals surface area contributed by atoms with E-state index < -0.39 is 17.9 Å². The molecule has 0 spiro atoms. The van der Waals surface area contributed by atoms with Crippen LogP contribution < -0.4 is 29.1 Å². The van der Waals surface area contributed by atoms with Gasteiger partial charge in [0.15, 0.2) is 6.71 Å². The number of phenolic OH excluding ortho intramolecular Hbond substituents is 1. The number of hydrogen-bond acceptors (Lipinski definition) is 15. The lowest BCUT2D eigenvalue weighted by Gasteiger charge is -2.35. The van der Waals surface area contributed by atoms with Gasteiger partial charge in [-0.1, -0.05) is 160 Å². The Morgan fingerprint density at radius 1 is 0.324 bits per heavy atom. The summed E-state index contributed by atoms with van der Waals surface area (Å²) < 4.78 is 47.5. The number of halogens is 6. The van der Waals surface area contributed by atoms with Gasteiger partial charge in [0.1, 0.15) is 34.5 Å². The zero-order chi connectivity index (χ0) is 82.3. The Morgan fingerprint density at radius 3 is 0.757 bits per heavy atom. The second kappa shape index (κ2) is 65.2. The van der Waals surface area contributed by atoms with E-state index in [4.69, 9.17) is 58.3 Å². The van der Waals surface area contributed by atoms with E-state index >= 15 is 0 Å². The number of alkyl halides is 1. The maximum atomic E-state index is 11.1. The number of carbonyl (C=O) groups excluding carboxylic acids is 3. The molecule has 0 bridgehead atoms. The quantitative estimate of drug-likeness (QED) is 0.00911. The Kier molecular flexibility index (Phi) is 60.4. The van der Waals surface area contributed by atoms with Crippen molar-refractivity contribution in [3.63, 3.8) is 0 Å². The SMILES string of the molecule is CC1(C)CB(c2ccc(OCCCCCC(=O)O)cc2)CC1(C)C.CCOC(=O)CCCCCBr.CCOC(=O)CCCCCOc1ccc(Br)cc1.CCOC(=O)CCCCCOc1ccc(Br)cc1.O=C(O)CCCCCOc1ccc(Br)cc1.O=C(O)CCCCCOc1ccc(Br)cc1.Oc1ccc(Br)cc1. The third kappa shape index (κ3) is 57.6. The van der Waals surface area contributed by atoms with Crippen molar-refractivity contribution in [2.75, 3.05) is 58.2 Å². The zero-order valence-corrected chi connectivity index (χ0v) is 75.5. The van der Waals surface area contributed by atoms with Gasteiger partial charge in [-0.15, -0.1) is 0 Å². The first-order chi connectivity index (χ1) is 53.1. The van der Waals surface area contributed by atoms with Gasteiger partial charge in [0.2, 0.25) is 0 Å². The fraction of sp³-hybridized carbons (Fsp3) is 0.512. The summed E-state index contributed by atoms with van der Waals surface area (Å²) in [6.07, 6.45) is 21.1. The fourth-order valence-electron chi connectivity index (χ4n) is 10.4. The van der Waals surface area contributed by atoms with Crippen LogP contribution in [0.15, 0.2) is 168 Å². The average Bonchev–Trinajstić information content (AvgIpc) is 1.63. The van der Waals surface area contributed by atoms with Crippen molar-refractivity contribution in [1.82, 2.24) is 0 Å². The standard InChI is InChI=1S/C20H31BO3.2C14H19BrO3.2C12H15BrO3.C8H15BrO2.C6H5BrO/c1-19(2)14-21(15-20(19,3)4)16-9-11-17(12-10-16)24-13-7-5-6-8-18(22)23;2*1-2-17-14(16)6-4-3-5-11-18-13-9-7-12(15)8-10-13;2*13-10-5-7-11(8-6-10)16-9-3-1-2-4-12(14)15;1-2-11-8(10)6-4-3-5-7-9;7-5-1-3-6(8)4-2-5/h9-12H,5-8,13-15H2,1-4H3,(H,22,23);2*7-10H,2-6,11H2,1H3;2*5-8H,1-4,9H2,(H,14,15);2-7H2,1H3;1-4,8H.